The van der Waals surface area contributed by atoms with Gasteiger partial charge in [0.15, 0.2) is 0 Å². The number of Topliss-reactive ketones (excluding diaryl/α,β-unsaturated/α-hetero) is 1. The van der Waals surface area contributed by atoms with E-state index in [1.807, 2.05) is 6.07 Å². The molecule has 0 amide bonds. The first kappa shape index (κ1) is 13.9. The number of carbonyl (C=O) groups excluding carboxylic acids is 1. The molecule has 1 aromatic carbocycles. The molecule has 0 atom stereocenters. The first-order chi connectivity index (χ1) is 9.11. The van der Waals surface area contributed by atoms with Gasteiger partial charge in [0.05, 0.1) is 0 Å². The summed E-state index contributed by atoms with van der Waals surface area (Å²) < 4.78 is 0. The van der Waals surface area contributed by atoms with Crippen molar-refractivity contribution in [1.29, 1.82) is 5.26 Å². The average molecular weight is 295 g/mol. The summed E-state index contributed by atoms with van der Waals surface area (Å²) in [5.41, 5.74) is 1.21. The van der Waals surface area contributed by atoms with Gasteiger partial charge in [-0.3, -0.25) is 4.79 Å². The minimum Gasteiger partial charge on any atom is -0.387 e. The van der Waals surface area contributed by atoms with Crippen molar-refractivity contribution in [2.75, 3.05) is 6.54 Å². The number of nitrogens with one attached hydrogen (secondary N) is 1. The summed E-state index contributed by atoms with van der Waals surface area (Å²) >= 11 is 11.8. The van der Waals surface area contributed by atoms with Crippen molar-refractivity contribution >= 4 is 29.0 Å². The Bertz CT molecular complexity index is 559. The molecule has 5 heteroatoms. The summed E-state index contributed by atoms with van der Waals surface area (Å²) in [4.78, 5) is 12.3. The first-order valence-corrected chi connectivity index (χ1v) is 6.75. The highest BCUT2D eigenvalue weighted by molar-refractivity contribution is 6.35. The quantitative estimate of drug-likeness (QED) is 0.514. The van der Waals surface area contributed by atoms with Gasteiger partial charge in [-0.2, -0.15) is 5.26 Å². The third kappa shape index (κ3) is 3.28. The van der Waals surface area contributed by atoms with Gasteiger partial charge in [-0.15, -0.1) is 0 Å². The minimum absolute atomic E-state index is 0.151. The predicted octanol–water partition coefficient (Wildman–Crippen LogP) is 3.73. The molecule has 1 fully saturated rings. The average Bonchev–Trinajstić information content (AvgIpc) is 2.39. The van der Waals surface area contributed by atoms with Crippen LogP contribution in [0.5, 0.6) is 0 Å². The molecule has 0 spiro atoms. The van der Waals surface area contributed by atoms with E-state index in [9.17, 15) is 10.1 Å². The molecule has 98 valence electrons. The molecule has 0 bridgehead atoms. The van der Waals surface area contributed by atoms with Crippen molar-refractivity contribution in [3.8, 4) is 6.07 Å². The second-order valence-electron chi connectivity index (χ2n) is 4.34. The van der Waals surface area contributed by atoms with Crippen LogP contribution in [0.2, 0.25) is 10.0 Å². The zero-order valence-electron chi connectivity index (χ0n) is 10.2. The van der Waals surface area contributed by atoms with Gasteiger partial charge in [0.1, 0.15) is 11.6 Å². The number of nitrogens with zero attached hydrogens (tertiary/aromatic N) is 1. The number of carbonyl (C=O) groups is 1. The van der Waals surface area contributed by atoms with E-state index in [1.165, 1.54) is 12.1 Å². The van der Waals surface area contributed by atoms with E-state index in [-0.39, 0.29) is 11.4 Å². The Morgan fingerprint density at radius 1 is 1.21 bits per heavy atom. The van der Waals surface area contributed by atoms with Gasteiger partial charge >= 0.3 is 0 Å². The van der Waals surface area contributed by atoms with Gasteiger partial charge in [0, 0.05) is 27.9 Å². The Morgan fingerprint density at radius 3 is 2.42 bits per heavy atom. The second kappa shape index (κ2) is 6.10. The summed E-state index contributed by atoms with van der Waals surface area (Å²) in [6.45, 7) is 0.796. The fourth-order valence-corrected chi connectivity index (χ4v) is 2.58. The van der Waals surface area contributed by atoms with Gasteiger partial charge < -0.3 is 5.32 Å². The molecule has 3 nitrogen and oxygen atoms in total. The number of halogens is 2. The van der Waals surface area contributed by atoms with Crippen molar-refractivity contribution in [3.63, 3.8) is 0 Å². The van der Waals surface area contributed by atoms with E-state index in [0.717, 1.165) is 31.5 Å². The number of nitriles is 1. The van der Waals surface area contributed by atoms with E-state index in [0.29, 0.717) is 15.6 Å². The monoisotopic (exact) mass is 294 g/mol. The summed E-state index contributed by atoms with van der Waals surface area (Å²) in [5, 5.41) is 13.1. The lowest BCUT2D eigenvalue weighted by molar-refractivity contribution is 0.103. The number of piperidine rings is 1. The molecule has 0 aromatic heterocycles. The largest absolute Gasteiger partial charge is 0.387 e. The lowest BCUT2D eigenvalue weighted by atomic mass is 9.98. The molecule has 1 heterocycles. The number of rotatable bonds is 2. The third-order valence-electron chi connectivity index (χ3n) is 2.96. The molecule has 1 aliphatic heterocycles. The van der Waals surface area contributed by atoms with E-state index in [4.69, 9.17) is 23.2 Å². The molecule has 1 saturated heterocycles. The number of hydrogen-bond acceptors (Lipinski definition) is 3. The molecule has 0 radical (unpaired) electrons. The SMILES string of the molecule is N#C/C(C(=O)c1cc(Cl)cc(Cl)c1)=C1/CCCCN1. The lowest BCUT2D eigenvalue weighted by Gasteiger charge is -2.18. The van der Waals surface area contributed by atoms with Crippen LogP contribution in [0.25, 0.3) is 0 Å². The maximum absolute atomic E-state index is 12.3. The molecule has 19 heavy (non-hydrogen) atoms. The fraction of sp³-hybridized carbons (Fsp3) is 0.286. The smallest absolute Gasteiger partial charge is 0.205 e. The molecule has 2 rings (SSSR count). The summed E-state index contributed by atoms with van der Waals surface area (Å²) in [7, 11) is 0. The highest BCUT2D eigenvalue weighted by Gasteiger charge is 2.19. The molecule has 0 aliphatic carbocycles. The topological polar surface area (TPSA) is 52.9 Å². The standard InChI is InChI=1S/C14H12Cl2N2O/c15-10-5-9(6-11(16)7-10)14(19)12(8-17)13-3-1-2-4-18-13/h5-7,18H,1-4H2/b13-12+. The Balaban J connectivity index is 2.38. The maximum Gasteiger partial charge on any atom is 0.205 e. The van der Waals surface area contributed by atoms with E-state index in [1.54, 1.807) is 6.07 Å². The third-order valence-corrected chi connectivity index (χ3v) is 3.39. The number of ketones is 1. The van der Waals surface area contributed by atoms with Crippen LogP contribution in [-0.4, -0.2) is 12.3 Å². The fourth-order valence-electron chi connectivity index (χ4n) is 2.05. The van der Waals surface area contributed by atoms with Crippen LogP contribution in [0.15, 0.2) is 29.5 Å². The van der Waals surface area contributed by atoms with Crippen molar-refractivity contribution in [3.05, 3.63) is 45.1 Å². The van der Waals surface area contributed by atoms with Crippen LogP contribution in [0.3, 0.4) is 0 Å². The molecular formula is C14H12Cl2N2O. The van der Waals surface area contributed by atoms with Crippen LogP contribution < -0.4 is 5.32 Å². The number of benzene rings is 1. The summed E-state index contributed by atoms with van der Waals surface area (Å²) in [6, 6.07) is 6.59. The van der Waals surface area contributed by atoms with Crippen LogP contribution in [-0.2, 0) is 0 Å². The van der Waals surface area contributed by atoms with E-state index in [2.05, 4.69) is 5.32 Å². The lowest BCUT2D eigenvalue weighted by Crippen LogP contribution is -2.23. The predicted molar refractivity (Wildman–Crippen MR) is 75.3 cm³/mol. The van der Waals surface area contributed by atoms with Crippen LogP contribution in [0.1, 0.15) is 29.6 Å². The Hall–Kier alpha value is -1.50. The van der Waals surface area contributed by atoms with Gasteiger partial charge in [-0.1, -0.05) is 23.2 Å². The molecule has 1 aromatic rings. The second-order valence-corrected chi connectivity index (χ2v) is 5.21. The van der Waals surface area contributed by atoms with Crippen molar-refractivity contribution in [2.45, 2.75) is 19.3 Å². The zero-order chi connectivity index (χ0) is 13.8. The number of allylic oxidation sites excluding steroid dienone is 2. The Kier molecular flexibility index (Phi) is 4.47. The molecule has 0 saturated carbocycles. The van der Waals surface area contributed by atoms with Crippen molar-refractivity contribution in [1.82, 2.24) is 5.32 Å². The number of hydrogen-bond donors (Lipinski definition) is 1. The van der Waals surface area contributed by atoms with Crippen molar-refractivity contribution < 1.29 is 4.79 Å². The molecule has 0 unspecified atom stereocenters. The van der Waals surface area contributed by atoms with E-state index < -0.39 is 0 Å². The van der Waals surface area contributed by atoms with Crippen LogP contribution in [0, 0.1) is 11.3 Å². The Morgan fingerprint density at radius 2 is 1.89 bits per heavy atom. The molecular weight excluding hydrogens is 283 g/mol. The van der Waals surface area contributed by atoms with Gasteiger partial charge in [0.25, 0.3) is 0 Å². The van der Waals surface area contributed by atoms with Gasteiger partial charge in [0.2, 0.25) is 5.78 Å². The zero-order valence-corrected chi connectivity index (χ0v) is 11.7. The normalized spacial score (nSPS) is 17.3. The maximum atomic E-state index is 12.3. The van der Waals surface area contributed by atoms with Crippen LogP contribution >= 0.6 is 23.2 Å². The van der Waals surface area contributed by atoms with Gasteiger partial charge in [-0.05, 0) is 37.5 Å². The highest BCUT2D eigenvalue weighted by Crippen LogP contribution is 2.23. The minimum atomic E-state index is -0.337. The van der Waals surface area contributed by atoms with Gasteiger partial charge in [-0.25, -0.2) is 0 Å². The van der Waals surface area contributed by atoms with Crippen molar-refractivity contribution in [2.24, 2.45) is 0 Å². The molecule has 1 aliphatic rings. The summed E-state index contributed by atoms with van der Waals surface area (Å²) in [6.07, 6.45) is 2.76. The first-order valence-electron chi connectivity index (χ1n) is 5.99. The van der Waals surface area contributed by atoms with Crippen LogP contribution in [0.4, 0.5) is 0 Å². The Labute approximate surface area is 121 Å². The summed E-state index contributed by atoms with van der Waals surface area (Å²) in [5.74, 6) is -0.337. The van der Waals surface area contributed by atoms with E-state index >= 15 is 0 Å². The molecule has 1 N–H and O–H groups in total. The highest BCUT2D eigenvalue weighted by atomic mass is 35.5.